The molecule has 3 aromatic rings. The second-order valence-electron chi connectivity index (χ2n) is 8.56. The highest BCUT2D eigenvalue weighted by Gasteiger charge is 2.32. The van der Waals surface area contributed by atoms with Crippen LogP contribution in [0.25, 0.3) is 0 Å². The van der Waals surface area contributed by atoms with Crippen LogP contribution >= 0.6 is 23.2 Å². The van der Waals surface area contributed by atoms with E-state index >= 15 is 0 Å². The molecule has 3 rings (SSSR count). The summed E-state index contributed by atoms with van der Waals surface area (Å²) in [5.41, 5.74) is 1.72. The Bertz CT molecular complexity index is 1390. The maximum Gasteiger partial charge on any atom is 0.244 e. The van der Waals surface area contributed by atoms with Crippen LogP contribution in [0, 0.1) is 0 Å². The smallest absolute Gasteiger partial charge is 0.244 e. The van der Waals surface area contributed by atoms with Crippen LogP contribution < -0.4 is 14.4 Å². The summed E-state index contributed by atoms with van der Waals surface area (Å²) in [4.78, 5) is 28.4. The molecule has 0 aromatic heterocycles. The average Bonchev–Trinajstić information content (AvgIpc) is 2.90. The molecule has 8 nitrogen and oxygen atoms in total. The molecule has 0 aliphatic heterocycles. The van der Waals surface area contributed by atoms with Crippen molar-refractivity contribution in [3.05, 3.63) is 94.0 Å². The highest BCUT2D eigenvalue weighted by molar-refractivity contribution is 7.92. The number of amides is 2. The second kappa shape index (κ2) is 13.0. The zero-order valence-electron chi connectivity index (χ0n) is 21.2. The molecular weight excluding hydrogens is 549 g/mol. The Balaban J connectivity index is 2.04. The standard InChI is InChI=1S/C27H29Cl2N3O5S/c1-30-27(34)25(15-19-8-5-4-6-9-19)31(17-20-12-13-23(28)24(29)14-20)26(33)18-32(38(3,35)36)21-10-7-11-22(16-21)37-2/h4-14,16,25H,15,17-18H2,1-3H3,(H,30,34). The van der Waals surface area contributed by atoms with Crippen molar-refractivity contribution in [3.63, 3.8) is 0 Å². The summed E-state index contributed by atoms with van der Waals surface area (Å²) in [6, 6.07) is 19.6. The summed E-state index contributed by atoms with van der Waals surface area (Å²) in [6.07, 6.45) is 1.23. The van der Waals surface area contributed by atoms with Gasteiger partial charge in [0, 0.05) is 26.1 Å². The molecule has 2 amide bonds. The first-order valence-corrected chi connectivity index (χ1v) is 14.2. The van der Waals surface area contributed by atoms with Crippen molar-refractivity contribution < 1.29 is 22.7 Å². The van der Waals surface area contributed by atoms with Gasteiger partial charge in [0.25, 0.3) is 0 Å². The van der Waals surface area contributed by atoms with Crippen LogP contribution in [0.3, 0.4) is 0 Å². The first-order chi connectivity index (χ1) is 18.0. The Kier molecular flexibility index (Phi) is 10.0. The van der Waals surface area contributed by atoms with E-state index in [1.807, 2.05) is 30.3 Å². The largest absolute Gasteiger partial charge is 0.497 e. The lowest BCUT2D eigenvalue weighted by Gasteiger charge is -2.33. The first kappa shape index (κ1) is 29.3. The highest BCUT2D eigenvalue weighted by Crippen LogP contribution is 2.26. The van der Waals surface area contributed by atoms with Gasteiger partial charge in [-0.2, -0.15) is 0 Å². The van der Waals surface area contributed by atoms with Gasteiger partial charge in [-0.3, -0.25) is 13.9 Å². The molecule has 11 heteroatoms. The number of likely N-dealkylation sites (N-methyl/N-ethyl adjacent to an activating group) is 1. The monoisotopic (exact) mass is 577 g/mol. The predicted molar refractivity (Wildman–Crippen MR) is 150 cm³/mol. The van der Waals surface area contributed by atoms with Gasteiger partial charge >= 0.3 is 0 Å². The van der Waals surface area contributed by atoms with E-state index in [0.29, 0.717) is 21.4 Å². The molecule has 1 unspecified atom stereocenters. The molecule has 0 fully saturated rings. The lowest BCUT2D eigenvalue weighted by Crippen LogP contribution is -2.52. The molecule has 0 radical (unpaired) electrons. The van der Waals surface area contributed by atoms with Gasteiger partial charge in [-0.15, -0.1) is 0 Å². The van der Waals surface area contributed by atoms with Crippen LogP contribution in [-0.2, 0) is 32.6 Å². The number of carbonyl (C=O) groups is 2. The molecule has 38 heavy (non-hydrogen) atoms. The maximum atomic E-state index is 13.9. The van der Waals surface area contributed by atoms with Crippen LogP contribution in [0.4, 0.5) is 5.69 Å². The Morgan fingerprint density at radius 1 is 0.947 bits per heavy atom. The van der Waals surface area contributed by atoms with Crippen molar-refractivity contribution in [1.82, 2.24) is 10.2 Å². The number of sulfonamides is 1. The summed E-state index contributed by atoms with van der Waals surface area (Å²) < 4.78 is 31.8. The van der Waals surface area contributed by atoms with E-state index < -0.39 is 34.4 Å². The van der Waals surface area contributed by atoms with E-state index in [-0.39, 0.29) is 18.7 Å². The Labute approximate surface area is 233 Å². The lowest BCUT2D eigenvalue weighted by atomic mass is 10.0. The predicted octanol–water partition coefficient (Wildman–Crippen LogP) is 4.15. The maximum absolute atomic E-state index is 13.9. The highest BCUT2D eigenvalue weighted by atomic mass is 35.5. The molecule has 1 N–H and O–H groups in total. The molecular formula is C27H29Cl2N3O5S. The minimum atomic E-state index is -3.88. The molecule has 3 aromatic carbocycles. The van der Waals surface area contributed by atoms with Crippen LogP contribution in [-0.4, -0.2) is 58.1 Å². The third-order valence-corrected chi connectivity index (χ3v) is 7.75. The zero-order valence-corrected chi connectivity index (χ0v) is 23.6. The molecule has 1 atom stereocenters. The van der Waals surface area contributed by atoms with Gasteiger partial charge in [-0.1, -0.05) is 65.7 Å². The lowest BCUT2D eigenvalue weighted by molar-refractivity contribution is -0.139. The quantitative estimate of drug-likeness (QED) is 0.369. The van der Waals surface area contributed by atoms with Crippen molar-refractivity contribution in [2.45, 2.75) is 19.0 Å². The number of rotatable bonds is 11. The molecule has 0 spiro atoms. The average molecular weight is 579 g/mol. The number of ether oxygens (including phenoxy) is 1. The van der Waals surface area contributed by atoms with Gasteiger partial charge in [0.1, 0.15) is 18.3 Å². The fourth-order valence-electron chi connectivity index (χ4n) is 3.93. The van der Waals surface area contributed by atoms with Crippen molar-refractivity contribution in [1.29, 1.82) is 0 Å². The number of hydrogen-bond donors (Lipinski definition) is 1. The van der Waals surface area contributed by atoms with Gasteiger partial charge in [0.05, 0.1) is 29.1 Å². The zero-order chi connectivity index (χ0) is 27.9. The number of hydrogen-bond acceptors (Lipinski definition) is 5. The van der Waals surface area contributed by atoms with Gasteiger partial charge < -0.3 is 15.0 Å². The van der Waals surface area contributed by atoms with Crippen molar-refractivity contribution in [3.8, 4) is 5.75 Å². The molecule has 0 saturated carbocycles. The third kappa shape index (κ3) is 7.63. The second-order valence-corrected chi connectivity index (χ2v) is 11.3. The van der Waals surface area contributed by atoms with E-state index in [9.17, 15) is 18.0 Å². The van der Waals surface area contributed by atoms with Crippen LogP contribution in [0.5, 0.6) is 5.75 Å². The molecule has 0 heterocycles. The number of nitrogens with zero attached hydrogens (tertiary/aromatic N) is 2. The number of benzene rings is 3. The summed E-state index contributed by atoms with van der Waals surface area (Å²) in [7, 11) is -0.925. The fraction of sp³-hybridized carbons (Fsp3) is 0.259. The van der Waals surface area contributed by atoms with Gasteiger partial charge in [-0.25, -0.2) is 8.42 Å². The van der Waals surface area contributed by atoms with Gasteiger partial charge in [0.2, 0.25) is 21.8 Å². The van der Waals surface area contributed by atoms with Crippen molar-refractivity contribution in [2.75, 3.05) is 31.3 Å². The molecule has 0 aliphatic rings. The molecule has 202 valence electrons. The summed E-state index contributed by atoms with van der Waals surface area (Å²) >= 11 is 12.3. The Hall–Kier alpha value is -3.27. The van der Waals surface area contributed by atoms with E-state index in [0.717, 1.165) is 16.1 Å². The number of anilines is 1. The van der Waals surface area contributed by atoms with Crippen molar-refractivity contribution >= 4 is 50.7 Å². The Morgan fingerprint density at radius 2 is 1.66 bits per heavy atom. The number of carbonyl (C=O) groups excluding carboxylic acids is 2. The van der Waals surface area contributed by atoms with Crippen LogP contribution in [0.1, 0.15) is 11.1 Å². The van der Waals surface area contributed by atoms with E-state index in [4.69, 9.17) is 27.9 Å². The van der Waals surface area contributed by atoms with E-state index in [1.54, 1.807) is 36.4 Å². The fourth-order valence-corrected chi connectivity index (χ4v) is 5.10. The number of nitrogens with one attached hydrogen (secondary N) is 1. The summed E-state index contributed by atoms with van der Waals surface area (Å²) in [6.45, 7) is -0.536. The number of halogens is 2. The number of methoxy groups -OCH3 is 1. The van der Waals surface area contributed by atoms with Crippen LogP contribution in [0.15, 0.2) is 72.8 Å². The van der Waals surface area contributed by atoms with Gasteiger partial charge in [-0.05, 0) is 35.4 Å². The minimum absolute atomic E-state index is 0.00362. The van der Waals surface area contributed by atoms with Gasteiger partial charge in [0.15, 0.2) is 0 Å². The first-order valence-electron chi connectivity index (χ1n) is 11.6. The minimum Gasteiger partial charge on any atom is -0.497 e. The summed E-state index contributed by atoms with van der Waals surface area (Å²) in [5.74, 6) is -0.535. The normalized spacial score (nSPS) is 11.9. The Morgan fingerprint density at radius 3 is 2.26 bits per heavy atom. The molecule has 0 bridgehead atoms. The van der Waals surface area contributed by atoms with E-state index in [1.165, 1.54) is 25.1 Å². The van der Waals surface area contributed by atoms with Crippen molar-refractivity contribution in [2.24, 2.45) is 0 Å². The summed E-state index contributed by atoms with van der Waals surface area (Å²) in [5, 5.41) is 3.27. The topological polar surface area (TPSA) is 96.0 Å². The van der Waals surface area contributed by atoms with E-state index in [2.05, 4.69) is 5.32 Å². The molecule has 0 saturated heterocycles. The molecule has 0 aliphatic carbocycles. The SMILES string of the molecule is CNC(=O)C(Cc1ccccc1)N(Cc1ccc(Cl)c(Cl)c1)C(=O)CN(c1cccc(OC)c1)S(C)(=O)=O. The van der Waals surface area contributed by atoms with Crippen LogP contribution in [0.2, 0.25) is 10.0 Å². The third-order valence-electron chi connectivity index (χ3n) is 5.87.